The van der Waals surface area contributed by atoms with Gasteiger partial charge in [-0.3, -0.25) is 9.97 Å². The number of rotatable bonds is 10. The minimum absolute atomic E-state index is 0.166. The maximum Gasteiger partial charge on any atom is 0.131 e. The predicted octanol–water partition coefficient (Wildman–Crippen LogP) is 8.52. The van der Waals surface area contributed by atoms with E-state index < -0.39 is 12.2 Å². The van der Waals surface area contributed by atoms with Crippen molar-refractivity contribution in [3.05, 3.63) is 120 Å². The molecule has 0 saturated carbocycles. The first-order valence-electron chi connectivity index (χ1n) is 20.2. The van der Waals surface area contributed by atoms with E-state index in [1.54, 1.807) is 0 Å². The average Bonchev–Trinajstić information content (AvgIpc) is 3.19. The van der Waals surface area contributed by atoms with Crippen molar-refractivity contribution in [2.45, 2.75) is 89.8 Å². The zero-order valence-corrected chi connectivity index (χ0v) is 31.0. The molecule has 6 fully saturated rings. The van der Waals surface area contributed by atoms with Crippen molar-refractivity contribution < 1.29 is 19.2 Å². The summed E-state index contributed by atoms with van der Waals surface area (Å²) in [5, 5.41) is 26.8. The fourth-order valence-electron chi connectivity index (χ4n) is 12.0. The quantitative estimate of drug-likeness (QED) is 0.144. The highest BCUT2D eigenvalue weighted by Crippen LogP contribution is 2.50. The monoisotopic (exact) mass is 696 g/mol. The van der Waals surface area contributed by atoms with Gasteiger partial charge in [0.1, 0.15) is 37.4 Å². The lowest BCUT2D eigenvalue weighted by molar-refractivity contribution is -0.986. The Morgan fingerprint density at radius 2 is 1.08 bits per heavy atom. The van der Waals surface area contributed by atoms with Crippen LogP contribution in [0.2, 0.25) is 0 Å². The van der Waals surface area contributed by atoms with Gasteiger partial charge in [-0.15, -0.1) is 0 Å². The van der Waals surface area contributed by atoms with Crippen LogP contribution < -0.4 is 0 Å². The third-order valence-corrected chi connectivity index (χ3v) is 14.7. The summed E-state index contributed by atoms with van der Waals surface area (Å²) in [6, 6.07) is 30.5. The standard InChI is InChI=1S/C46H56N4O2/c1-3-33-29-49(22-18-35(33)25-43(49)45(51)39-16-20-47-41-14-7-5-12-37(39)41)27-31-10-9-11-32(24-31)28-50-23-19-36(34(4-2)30-50)26-44(50)46(52)40-17-21-48-42-15-8-6-13-38(40)42/h5-17,20-21,24,33-36,43-46,51-52H,3-4,18-19,22-23,25-30H2,1-2H3/q+2/t33-,34-,35-,36-,43-,44-,45+,46+,49?,50?/m0/s1. The van der Waals surface area contributed by atoms with E-state index in [9.17, 15) is 10.2 Å². The average molecular weight is 697 g/mol. The molecule has 2 aromatic heterocycles. The summed E-state index contributed by atoms with van der Waals surface area (Å²) in [5.41, 5.74) is 6.76. The molecule has 6 aliphatic heterocycles. The normalized spacial score (nSPS) is 32.3. The number of hydrogen-bond acceptors (Lipinski definition) is 4. The second-order valence-electron chi connectivity index (χ2n) is 17.2. The maximum absolute atomic E-state index is 12.3. The first-order valence-corrected chi connectivity index (χ1v) is 20.2. The molecule has 0 spiro atoms. The molecule has 3 aromatic carbocycles. The predicted molar refractivity (Wildman–Crippen MR) is 208 cm³/mol. The Hall–Kier alpha value is -3.68. The van der Waals surface area contributed by atoms with Crippen LogP contribution in [0.15, 0.2) is 97.3 Å². The van der Waals surface area contributed by atoms with Crippen LogP contribution in [0, 0.1) is 23.7 Å². The zero-order chi connectivity index (χ0) is 35.5. The van der Waals surface area contributed by atoms with Gasteiger partial charge in [-0.1, -0.05) is 68.4 Å². The summed E-state index contributed by atoms with van der Waals surface area (Å²) in [5.74, 6) is 2.80. The summed E-state index contributed by atoms with van der Waals surface area (Å²) in [4.78, 5) is 9.24. The van der Waals surface area contributed by atoms with Crippen LogP contribution in [0.1, 0.15) is 86.8 Å². The van der Waals surface area contributed by atoms with Crippen molar-refractivity contribution in [3.63, 3.8) is 0 Å². The van der Waals surface area contributed by atoms with Crippen LogP contribution in [-0.4, -0.2) is 67.4 Å². The lowest BCUT2D eigenvalue weighted by Crippen LogP contribution is -2.68. The first kappa shape index (κ1) is 34.1. The SMILES string of the molecule is CC[C@H]1C[N+]2(Cc3cccc(C[N+]45CC[C@@H](C[C@H]4[C@H](O)c4ccnc6ccccc46)[C@@H](CC)C5)c3)CC[C@H]1C[C@H]2[C@H](O)c1ccnc2ccccc12. The lowest BCUT2D eigenvalue weighted by atomic mass is 9.70. The minimum atomic E-state index is -0.526. The van der Waals surface area contributed by atoms with Crippen LogP contribution in [0.4, 0.5) is 0 Å². The van der Waals surface area contributed by atoms with Gasteiger partial charge in [0.15, 0.2) is 0 Å². The van der Waals surface area contributed by atoms with E-state index in [0.717, 1.165) is 94.0 Å². The number of aromatic nitrogens is 2. The lowest BCUT2D eigenvalue weighted by Gasteiger charge is -2.59. The van der Waals surface area contributed by atoms with Crippen LogP contribution in [0.5, 0.6) is 0 Å². The molecule has 6 aliphatic rings. The van der Waals surface area contributed by atoms with Crippen molar-refractivity contribution in [3.8, 4) is 0 Å². The number of para-hydroxylation sites is 2. The molecular formula is C46H56N4O2+2. The molecule has 0 radical (unpaired) electrons. The van der Waals surface area contributed by atoms with E-state index in [-0.39, 0.29) is 12.1 Å². The number of hydrogen-bond donors (Lipinski definition) is 2. The Balaban J connectivity index is 1.03. The van der Waals surface area contributed by atoms with Crippen molar-refractivity contribution in [1.82, 2.24) is 9.97 Å². The van der Waals surface area contributed by atoms with Crippen molar-refractivity contribution in [2.75, 3.05) is 26.2 Å². The van der Waals surface area contributed by atoms with E-state index in [1.807, 2.05) is 24.5 Å². The van der Waals surface area contributed by atoms with E-state index in [4.69, 9.17) is 0 Å². The molecule has 6 saturated heterocycles. The van der Waals surface area contributed by atoms with E-state index in [1.165, 1.54) is 36.8 Å². The minimum Gasteiger partial charge on any atom is -0.382 e. The largest absolute Gasteiger partial charge is 0.382 e. The van der Waals surface area contributed by atoms with Crippen molar-refractivity contribution in [1.29, 1.82) is 0 Å². The highest BCUT2D eigenvalue weighted by atomic mass is 16.3. The Morgan fingerprint density at radius 1 is 0.615 bits per heavy atom. The topological polar surface area (TPSA) is 66.2 Å². The highest BCUT2D eigenvalue weighted by molar-refractivity contribution is 5.83. The van der Waals surface area contributed by atoms with E-state index >= 15 is 0 Å². The molecule has 4 bridgehead atoms. The zero-order valence-electron chi connectivity index (χ0n) is 31.0. The van der Waals surface area contributed by atoms with Gasteiger partial charge < -0.3 is 19.2 Å². The molecule has 10 atom stereocenters. The third kappa shape index (κ3) is 5.78. The highest BCUT2D eigenvalue weighted by Gasteiger charge is 2.56. The summed E-state index contributed by atoms with van der Waals surface area (Å²) in [7, 11) is 0. The molecule has 0 aliphatic carbocycles. The van der Waals surface area contributed by atoms with Gasteiger partial charge in [0.2, 0.25) is 0 Å². The van der Waals surface area contributed by atoms with Crippen LogP contribution in [0.3, 0.4) is 0 Å². The number of nitrogens with zero attached hydrogens (tertiary/aromatic N) is 4. The van der Waals surface area contributed by atoms with E-state index in [0.29, 0.717) is 23.7 Å². The van der Waals surface area contributed by atoms with Gasteiger partial charge in [0.05, 0.1) is 37.2 Å². The molecule has 11 rings (SSSR count). The Morgan fingerprint density at radius 3 is 1.54 bits per heavy atom. The second-order valence-corrected chi connectivity index (χ2v) is 17.2. The first-order chi connectivity index (χ1) is 25.4. The number of quaternary nitrogens is 2. The number of pyridine rings is 2. The van der Waals surface area contributed by atoms with Crippen molar-refractivity contribution >= 4 is 21.8 Å². The molecule has 6 heteroatoms. The third-order valence-electron chi connectivity index (χ3n) is 14.7. The number of aliphatic hydroxyl groups is 2. The molecular weight excluding hydrogens is 641 g/mol. The smallest absolute Gasteiger partial charge is 0.131 e. The Labute approximate surface area is 309 Å². The van der Waals surface area contributed by atoms with Gasteiger partial charge in [-0.25, -0.2) is 0 Å². The molecule has 270 valence electrons. The molecule has 5 aromatic rings. The van der Waals surface area contributed by atoms with Crippen LogP contribution >= 0.6 is 0 Å². The fourth-order valence-corrected chi connectivity index (χ4v) is 12.0. The number of aliphatic hydroxyl groups excluding tert-OH is 2. The molecule has 52 heavy (non-hydrogen) atoms. The summed E-state index contributed by atoms with van der Waals surface area (Å²) in [6.45, 7) is 11.2. The van der Waals surface area contributed by atoms with Gasteiger partial charge in [-0.05, 0) is 66.1 Å². The van der Waals surface area contributed by atoms with E-state index in [2.05, 4.69) is 96.6 Å². The van der Waals surface area contributed by atoms with Gasteiger partial charge >= 0.3 is 0 Å². The number of benzene rings is 3. The molecule has 8 heterocycles. The number of piperidine rings is 6. The molecule has 6 nitrogen and oxygen atoms in total. The van der Waals surface area contributed by atoms with Crippen LogP contribution in [0.25, 0.3) is 21.8 Å². The summed E-state index contributed by atoms with van der Waals surface area (Å²) < 4.78 is 1.93. The van der Waals surface area contributed by atoms with Crippen LogP contribution in [-0.2, 0) is 13.1 Å². The van der Waals surface area contributed by atoms with Gasteiger partial charge in [0.25, 0.3) is 0 Å². The number of fused-ring (bicyclic) bond motifs is 8. The second kappa shape index (κ2) is 13.6. The maximum atomic E-state index is 12.3. The van der Waals surface area contributed by atoms with Gasteiger partial charge in [-0.2, -0.15) is 0 Å². The van der Waals surface area contributed by atoms with Gasteiger partial charge in [0, 0.05) is 71.8 Å². The fraction of sp³-hybridized carbons (Fsp3) is 0.478. The summed E-state index contributed by atoms with van der Waals surface area (Å²) in [6.07, 6.45) is 9.79. The Bertz CT molecular complexity index is 1910. The van der Waals surface area contributed by atoms with Crippen molar-refractivity contribution in [2.24, 2.45) is 23.7 Å². The Kier molecular flexibility index (Phi) is 8.94. The summed E-state index contributed by atoms with van der Waals surface area (Å²) >= 11 is 0. The molecule has 0 amide bonds. The molecule has 2 unspecified atom stereocenters. The molecule has 2 N–H and O–H groups in total.